The molecule has 27 heavy (non-hydrogen) atoms. The third kappa shape index (κ3) is 3.66. The topological polar surface area (TPSA) is 64.0 Å². The average molecular weight is 402 g/mol. The second kappa shape index (κ2) is 6.80. The lowest BCUT2D eigenvalue weighted by Crippen LogP contribution is -2.13. The van der Waals surface area contributed by atoms with Gasteiger partial charge >= 0.3 is 0 Å². The summed E-state index contributed by atoms with van der Waals surface area (Å²) in [4.78, 5) is 4.74. The summed E-state index contributed by atoms with van der Waals surface area (Å²) >= 11 is 1.57. The Balaban J connectivity index is 1.60. The molecule has 1 atom stereocenters. The minimum Gasteiger partial charge on any atom is -0.344 e. The van der Waals surface area contributed by atoms with Gasteiger partial charge < -0.3 is 9.88 Å². The predicted molar refractivity (Wildman–Crippen MR) is 112 cm³/mol. The van der Waals surface area contributed by atoms with Crippen molar-refractivity contribution in [1.82, 2.24) is 9.55 Å². The van der Waals surface area contributed by atoms with Crippen molar-refractivity contribution in [2.45, 2.75) is 33.2 Å². The molecule has 1 unspecified atom stereocenters. The van der Waals surface area contributed by atoms with Crippen molar-refractivity contribution < 1.29 is 8.42 Å². The molecule has 0 radical (unpaired) electrons. The van der Waals surface area contributed by atoms with Gasteiger partial charge in [-0.25, -0.2) is 13.4 Å². The molecular weight excluding hydrogens is 378 g/mol. The molecule has 1 fully saturated rings. The highest BCUT2D eigenvalue weighted by Crippen LogP contribution is 2.35. The van der Waals surface area contributed by atoms with Crippen LogP contribution in [0.5, 0.6) is 0 Å². The lowest BCUT2D eigenvalue weighted by Gasteiger charge is -2.16. The maximum atomic E-state index is 11.9. The number of hydrogen-bond donors (Lipinski definition) is 1. The summed E-state index contributed by atoms with van der Waals surface area (Å²) in [5, 5.41) is 6.25. The minimum absolute atomic E-state index is 0.0348. The Hall–Kier alpha value is -2.12. The van der Waals surface area contributed by atoms with Crippen LogP contribution < -0.4 is 5.32 Å². The van der Waals surface area contributed by atoms with Crippen molar-refractivity contribution in [1.29, 1.82) is 0 Å². The molecule has 1 aromatic carbocycles. The van der Waals surface area contributed by atoms with Crippen molar-refractivity contribution in [2.75, 3.05) is 16.8 Å². The first-order valence-corrected chi connectivity index (χ1v) is 11.7. The van der Waals surface area contributed by atoms with Crippen LogP contribution in [0.1, 0.15) is 29.4 Å². The van der Waals surface area contributed by atoms with E-state index in [0.717, 1.165) is 33.5 Å². The molecule has 1 aliphatic rings. The number of nitrogens with one attached hydrogen (secondary N) is 1. The van der Waals surface area contributed by atoms with Crippen molar-refractivity contribution in [3.63, 3.8) is 0 Å². The number of rotatable bonds is 4. The molecule has 7 heteroatoms. The van der Waals surface area contributed by atoms with E-state index in [-0.39, 0.29) is 17.5 Å². The van der Waals surface area contributed by atoms with Crippen molar-refractivity contribution in [2.24, 2.45) is 0 Å². The summed E-state index contributed by atoms with van der Waals surface area (Å²) < 4.78 is 25.9. The van der Waals surface area contributed by atoms with Crippen LogP contribution >= 0.6 is 11.3 Å². The van der Waals surface area contributed by atoms with Gasteiger partial charge in [0.2, 0.25) is 0 Å². The lowest BCUT2D eigenvalue weighted by atomic mass is 10.2. The first-order valence-electron chi connectivity index (χ1n) is 9.01. The standard InChI is InChI=1S/C20H23N3O2S2/c1-13-4-6-16(7-5-13)21-20-22-19(11-26-20)18-10-14(2)23(15(18)3)17-8-9-27(24,25)12-17/h4-7,10-11,17H,8-9,12H2,1-3H3,(H,21,22). The van der Waals surface area contributed by atoms with Gasteiger partial charge in [0.15, 0.2) is 15.0 Å². The SMILES string of the molecule is Cc1ccc(Nc2nc(-c3cc(C)n(C4CCS(=O)(=O)C4)c3C)cs2)cc1. The van der Waals surface area contributed by atoms with E-state index in [4.69, 9.17) is 4.98 Å². The molecule has 5 nitrogen and oxygen atoms in total. The molecule has 142 valence electrons. The van der Waals surface area contributed by atoms with Crippen LogP contribution in [0.3, 0.4) is 0 Å². The molecule has 4 rings (SSSR count). The van der Waals surface area contributed by atoms with Gasteiger partial charge in [0.05, 0.1) is 17.2 Å². The van der Waals surface area contributed by atoms with E-state index in [0.29, 0.717) is 6.42 Å². The smallest absolute Gasteiger partial charge is 0.187 e. The molecule has 3 heterocycles. The zero-order chi connectivity index (χ0) is 19.2. The van der Waals surface area contributed by atoms with Crippen LogP contribution in [0, 0.1) is 20.8 Å². The van der Waals surface area contributed by atoms with Gasteiger partial charge in [-0.3, -0.25) is 0 Å². The molecule has 0 bridgehead atoms. The Morgan fingerprint density at radius 3 is 2.59 bits per heavy atom. The molecule has 2 aromatic heterocycles. The summed E-state index contributed by atoms with van der Waals surface area (Å²) in [5.41, 5.74) is 6.41. The van der Waals surface area contributed by atoms with Gasteiger partial charge in [-0.2, -0.15) is 0 Å². The summed E-state index contributed by atoms with van der Waals surface area (Å²) in [7, 11) is -2.91. The van der Waals surface area contributed by atoms with E-state index in [2.05, 4.69) is 41.9 Å². The zero-order valence-corrected chi connectivity index (χ0v) is 17.3. The van der Waals surface area contributed by atoms with Crippen molar-refractivity contribution >= 4 is 32.0 Å². The number of aromatic nitrogens is 2. The van der Waals surface area contributed by atoms with Crippen LogP contribution in [0.25, 0.3) is 11.3 Å². The maximum Gasteiger partial charge on any atom is 0.187 e. The summed E-state index contributed by atoms with van der Waals surface area (Å²) in [6.07, 6.45) is 0.690. The average Bonchev–Trinajstić information content (AvgIpc) is 3.28. The molecule has 1 N–H and O–H groups in total. The highest BCUT2D eigenvalue weighted by atomic mass is 32.2. The summed E-state index contributed by atoms with van der Waals surface area (Å²) in [6.45, 7) is 6.16. The van der Waals surface area contributed by atoms with E-state index in [9.17, 15) is 8.42 Å². The number of nitrogens with zero attached hydrogens (tertiary/aromatic N) is 2. The van der Waals surface area contributed by atoms with Gasteiger partial charge in [0.25, 0.3) is 0 Å². The molecule has 0 spiro atoms. The molecule has 0 amide bonds. The predicted octanol–water partition coefficient (Wildman–Crippen LogP) is 4.64. The second-order valence-electron chi connectivity index (χ2n) is 7.24. The van der Waals surface area contributed by atoms with Gasteiger partial charge in [-0.05, 0) is 45.4 Å². The van der Waals surface area contributed by atoms with Crippen molar-refractivity contribution in [3.05, 3.63) is 52.7 Å². The van der Waals surface area contributed by atoms with Crippen LogP contribution in [0.4, 0.5) is 10.8 Å². The highest BCUT2D eigenvalue weighted by molar-refractivity contribution is 7.91. The molecular formula is C20H23N3O2S2. The fourth-order valence-electron chi connectivity index (χ4n) is 3.79. The number of sulfone groups is 1. The maximum absolute atomic E-state index is 11.9. The number of aryl methyl sites for hydroxylation is 2. The van der Waals surface area contributed by atoms with Crippen LogP contribution in [0.2, 0.25) is 0 Å². The third-order valence-corrected chi connectivity index (χ3v) is 7.65. The quantitative estimate of drug-likeness (QED) is 0.692. The summed E-state index contributed by atoms with van der Waals surface area (Å²) in [5.74, 6) is 0.519. The van der Waals surface area contributed by atoms with E-state index in [1.165, 1.54) is 5.56 Å². The first kappa shape index (κ1) is 18.3. The van der Waals surface area contributed by atoms with Gasteiger partial charge in [0.1, 0.15) is 0 Å². The monoisotopic (exact) mass is 401 g/mol. The fraction of sp³-hybridized carbons (Fsp3) is 0.350. The highest BCUT2D eigenvalue weighted by Gasteiger charge is 2.31. The lowest BCUT2D eigenvalue weighted by molar-refractivity contribution is 0.536. The number of thiazole rings is 1. The van der Waals surface area contributed by atoms with Crippen LogP contribution in [-0.4, -0.2) is 29.5 Å². The van der Waals surface area contributed by atoms with Crippen LogP contribution in [-0.2, 0) is 9.84 Å². The van der Waals surface area contributed by atoms with Crippen LogP contribution in [0.15, 0.2) is 35.7 Å². The van der Waals surface area contributed by atoms with Gasteiger partial charge in [-0.15, -0.1) is 11.3 Å². The molecule has 0 saturated carbocycles. The summed E-state index contributed by atoms with van der Waals surface area (Å²) in [6, 6.07) is 10.4. The number of benzene rings is 1. The Kier molecular flexibility index (Phi) is 4.60. The van der Waals surface area contributed by atoms with E-state index in [1.54, 1.807) is 11.3 Å². The number of anilines is 2. The van der Waals surface area contributed by atoms with E-state index >= 15 is 0 Å². The van der Waals surface area contributed by atoms with E-state index in [1.807, 2.05) is 24.4 Å². The third-order valence-electron chi connectivity index (χ3n) is 5.14. The molecule has 1 saturated heterocycles. The Labute approximate surface area is 164 Å². The van der Waals surface area contributed by atoms with Gasteiger partial charge in [0, 0.05) is 34.1 Å². The zero-order valence-electron chi connectivity index (χ0n) is 15.7. The molecule has 3 aromatic rings. The normalized spacial score (nSPS) is 18.7. The fourth-order valence-corrected chi connectivity index (χ4v) is 6.22. The Morgan fingerprint density at radius 1 is 1.19 bits per heavy atom. The van der Waals surface area contributed by atoms with Crippen molar-refractivity contribution in [3.8, 4) is 11.3 Å². The number of hydrogen-bond acceptors (Lipinski definition) is 5. The molecule has 0 aliphatic carbocycles. The second-order valence-corrected chi connectivity index (χ2v) is 10.3. The Bertz CT molecular complexity index is 1080. The largest absolute Gasteiger partial charge is 0.344 e. The Morgan fingerprint density at radius 2 is 1.93 bits per heavy atom. The molecule has 1 aliphatic heterocycles. The first-order chi connectivity index (χ1) is 12.8. The minimum atomic E-state index is -2.91. The van der Waals surface area contributed by atoms with Gasteiger partial charge in [-0.1, -0.05) is 17.7 Å². The van der Waals surface area contributed by atoms with E-state index < -0.39 is 9.84 Å².